The standard InChI is InChI=1S/C9H9Cl2NO3/c1-14-8-6(11)4-3-5(10)7(8)9(13)12-15-2/h3-4H,1-2H3,(H,12,13). The lowest BCUT2D eigenvalue weighted by Gasteiger charge is -2.10. The molecule has 0 spiro atoms. The highest BCUT2D eigenvalue weighted by atomic mass is 35.5. The Morgan fingerprint density at radius 3 is 2.40 bits per heavy atom. The minimum atomic E-state index is -0.512. The number of hydroxylamine groups is 1. The Balaban J connectivity index is 3.24. The van der Waals surface area contributed by atoms with Crippen molar-refractivity contribution < 1.29 is 14.4 Å². The van der Waals surface area contributed by atoms with Gasteiger partial charge >= 0.3 is 0 Å². The Labute approximate surface area is 97.0 Å². The van der Waals surface area contributed by atoms with E-state index >= 15 is 0 Å². The third-order valence-corrected chi connectivity index (χ3v) is 2.30. The van der Waals surface area contributed by atoms with Crippen LogP contribution in [0.4, 0.5) is 0 Å². The second-order valence-electron chi connectivity index (χ2n) is 2.57. The molecule has 1 N–H and O–H groups in total. The number of benzene rings is 1. The van der Waals surface area contributed by atoms with Gasteiger partial charge in [0.1, 0.15) is 5.56 Å². The molecule has 0 heterocycles. The zero-order valence-corrected chi connectivity index (χ0v) is 9.65. The van der Waals surface area contributed by atoms with Gasteiger partial charge in [-0.1, -0.05) is 23.2 Å². The summed E-state index contributed by atoms with van der Waals surface area (Å²) in [4.78, 5) is 16.0. The molecule has 15 heavy (non-hydrogen) atoms. The third-order valence-electron chi connectivity index (χ3n) is 1.68. The number of methoxy groups -OCH3 is 1. The zero-order valence-electron chi connectivity index (χ0n) is 8.14. The molecule has 1 amide bonds. The molecule has 6 heteroatoms. The van der Waals surface area contributed by atoms with E-state index in [1.807, 2.05) is 0 Å². The fourth-order valence-electron chi connectivity index (χ4n) is 1.09. The van der Waals surface area contributed by atoms with Gasteiger partial charge in [0, 0.05) is 0 Å². The van der Waals surface area contributed by atoms with E-state index in [-0.39, 0.29) is 16.3 Å². The molecular formula is C9H9Cl2NO3. The highest BCUT2D eigenvalue weighted by Crippen LogP contribution is 2.33. The van der Waals surface area contributed by atoms with Gasteiger partial charge < -0.3 is 4.74 Å². The first-order chi connectivity index (χ1) is 7.11. The van der Waals surface area contributed by atoms with Gasteiger partial charge in [0.05, 0.1) is 24.3 Å². The quantitative estimate of drug-likeness (QED) is 0.837. The Hall–Kier alpha value is -0.970. The lowest BCUT2D eigenvalue weighted by Crippen LogP contribution is -2.22. The molecule has 0 saturated carbocycles. The molecule has 0 atom stereocenters. The van der Waals surface area contributed by atoms with Crippen LogP contribution < -0.4 is 10.2 Å². The van der Waals surface area contributed by atoms with Crippen LogP contribution in [-0.2, 0) is 4.84 Å². The molecule has 0 unspecified atom stereocenters. The van der Waals surface area contributed by atoms with Crippen LogP contribution in [0.25, 0.3) is 0 Å². The number of hydrogen-bond acceptors (Lipinski definition) is 3. The summed E-state index contributed by atoms with van der Waals surface area (Å²) in [6.45, 7) is 0. The molecule has 1 aromatic carbocycles. The molecule has 0 aliphatic heterocycles. The summed E-state index contributed by atoms with van der Waals surface area (Å²) in [5, 5.41) is 0.550. The molecule has 0 fully saturated rings. The summed E-state index contributed by atoms with van der Waals surface area (Å²) in [6, 6.07) is 3.06. The predicted molar refractivity (Wildman–Crippen MR) is 57.5 cm³/mol. The first-order valence-electron chi connectivity index (χ1n) is 3.97. The maximum Gasteiger partial charge on any atom is 0.280 e. The summed E-state index contributed by atoms with van der Waals surface area (Å²) < 4.78 is 4.99. The Morgan fingerprint density at radius 2 is 1.87 bits per heavy atom. The Bertz CT molecular complexity index is 382. The molecule has 4 nitrogen and oxygen atoms in total. The molecule has 0 aromatic heterocycles. The van der Waals surface area contributed by atoms with E-state index in [2.05, 4.69) is 10.3 Å². The van der Waals surface area contributed by atoms with Crippen molar-refractivity contribution in [2.45, 2.75) is 0 Å². The van der Waals surface area contributed by atoms with E-state index in [4.69, 9.17) is 27.9 Å². The number of rotatable bonds is 3. The van der Waals surface area contributed by atoms with Crippen LogP contribution in [0.1, 0.15) is 10.4 Å². The van der Waals surface area contributed by atoms with Gasteiger partial charge in [0.25, 0.3) is 5.91 Å². The average molecular weight is 250 g/mol. The topological polar surface area (TPSA) is 47.6 Å². The smallest absolute Gasteiger partial charge is 0.280 e. The lowest BCUT2D eigenvalue weighted by atomic mass is 10.2. The molecule has 82 valence electrons. The minimum Gasteiger partial charge on any atom is -0.494 e. The maximum absolute atomic E-state index is 11.5. The summed E-state index contributed by atoms with van der Waals surface area (Å²) in [7, 11) is 2.73. The van der Waals surface area contributed by atoms with E-state index in [0.717, 1.165) is 0 Å². The number of halogens is 2. The molecule has 1 rings (SSSR count). The van der Waals surface area contributed by atoms with Gasteiger partial charge in [-0.05, 0) is 12.1 Å². The van der Waals surface area contributed by atoms with E-state index in [1.165, 1.54) is 20.3 Å². The number of carbonyl (C=O) groups excluding carboxylic acids is 1. The van der Waals surface area contributed by atoms with Crippen LogP contribution in [0.3, 0.4) is 0 Å². The third kappa shape index (κ3) is 2.53. The number of nitrogens with one attached hydrogen (secondary N) is 1. The lowest BCUT2D eigenvalue weighted by molar-refractivity contribution is 0.0535. The van der Waals surface area contributed by atoms with Crippen LogP contribution in [0.15, 0.2) is 12.1 Å². The Kier molecular flexibility index (Phi) is 4.20. The van der Waals surface area contributed by atoms with Crippen LogP contribution in [0.2, 0.25) is 10.0 Å². The van der Waals surface area contributed by atoms with Gasteiger partial charge in [-0.15, -0.1) is 0 Å². The first kappa shape index (κ1) is 12.1. The number of amides is 1. The molecule has 1 aromatic rings. The molecule has 0 saturated heterocycles. The molecule has 0 aliphatic carbocycles. The number of ether oxygens (including phenoxy) is 1. The van der Waals surface area contributed by atoms with Gasteiger partial charge in [-0.25, -0.2) is 5.48 Å². The van der Waals surface area contributed by atoms with E-state index in [1.54, 1.807) is 6.07 Å². The van der Waals surface area contributed by atoms with Crippen molar-refractivity contribution in [2.24, 2.45) is 0 Å². The molecule has 0 bridgehead atoms. The van der Waals surface area contributed by atoms with E-state index in [9.17, 15) is 4.79 Å². The minimum absolute atomic E-state index is 0.147. The van der Waals surface area contributed by atoms with E-state index < -0.39 is 5.91 Å². The van der Waals surface area contributed by atoms with Crippen molar-refractivity contribution in [3.63, 3.8) is 0 Å². The summed E-state index contributed by atoms with van der Waals surface area (Å²) in [6.07, 6.45) is 0. The average Bonchev–Trinajstić information content (AvgIpc) is 2.21. The van der Waals surface area contributed by atoms with Gasteiger partial charge in [-0.2, -0.15) is 0 Å². The van der Waals surface area contributed by atoms with Crippen molar-refractivity contribution in [3.05, 3.63) is 27.7 Å². The number of hydrogen-bond donors (Lipinski definition) is 1. The second kappa shape index (κ2) is 5.21. The molecule has 0 aliphatic rings. The highest BCUT2D eigenvalue weighted by molar-refractivity contribution is 6.37. The fraction of sp³-hybridized carbons (Fsp3) is 0.222. The van der Waals surface area contributed by atoms with Gasteiger partial charge in [0.2, 0.25) is 0 Å². The predicted octanol–water partition coefficient (Wildman–Crippen LogP) is 2.29. The number of carbonyl (C=O) groups is 1. The van der Waals surface area contributed by atoms with Crippen molar-refractivity contribution in [1.29, 1.82) is 0 Å². The van der Waals surface area contributed by atoms with Gasteiger partial charge in [0.15, 0.2) is 5.75 Å². The summed E-state index contributed by atoms with van der Waals surface area (Å²) in [5.41, 5.74) is 2.29. The fourth-order valence-corrected chi connectivity index (χ4v) is 1.56. The van der Waals surface area contributed by atoms with E-state index in [0.29, 0.717) is 5.02 Å². The summed E-state index contributed by atoms with van der Waals surface area (Å²) in [5.74, 6) is -0.291. The van der Waals surface area contributed by atoms with Gasteiger partial charge in [-0.3, -0.25) is 9.63 Å². The monoisotopic (exact) mass is 249 g/mol. The van der Waals surface area contributed by atoms with Crippen molar-refractivity contribution in [2.75, 3.05) is 14.2 Å². The van der Waals surface area contributed by atoms with Crippen LogP contribution in [-0.4, -0.2) is 20.1 Å². The highest BCUT2D eigenvalue weighted by Gasteiger charge is 2.19. The second-order valence-corrected chi connectivity index (χ2v) is 3.39. The van der Waals surface area contributed by atoms with Crippen LogP contribution in [0.5, 0.6) is 5.75 Å². The SMILES string of the molecule is CONC(=O)c1c(Cl)ccc(Cl)c1OC. The maximum atomic E-state index is 11.5. The molecular weight excluding hydrogens is 241 g/mol. The van der Waals surface area contributed by atoms with Crippen LogP contribution in [0, 0.1) is 0 Å². The van der Waals surface area contributed by atoms with Crippen molar-refractivity contribution in [3.8, 4) is 5.75 Å². The van der Waals surface area contributed by atoms with Crippen molar-refractivity contribution >= 4 is 29.1 Å². The Morgan fingerprint density at radius 1 is 1.27 bits per heavy atom. The zero-order chi connectivity index (χ0) is 11.4. The molecule has 0 radical (unpaired) electrons. The normalized spacial score (nSPS) is 9.87. The largest absolute Gasteiger partial charge is 0.494 e. The van der Waals surface area contributed by atoms with Crippen LogP contribution >= 0.6 is 23.2 Å². The van der Waals surface area contributed by atoms with Crippen molar-refractivity contribution in [1.82, 2.24) is 5.48 Å². The summed E-state index contributed by atoms with van der Waals surface area (Å²) >= 11 is 11.7. The first-order valence-corrected chi connectivity index (χ1v) is 4.72.